The minimum Gasteiger partial charge on any atom is -0.508 e. The summed E-state index contributed by atoms with van der Waals surface area (Å²) in [5, 5.41) is 18.1. The van der Waals surface area contributed by atoms with Crippen molar-refractivity contribution in [2.45, 2.75) is 161 Å². The van der Waals surface area contributed by atoms with Gasteiger partial charge in [-0.15, -0.1) is 0 Å². The Balaban J connectivity index is 1.70. The number of phenols is 1. The van der Waals surface area contributed by atoms with Crippen LogP contribution in [0.3, 0.4) is 0 Å². The van der Waals surface area contributed by atoms with Crippen molar-refractivity contribution >= 4 is 12.0 Å². The summed E-state index contributed by atoms with van der Waals surface area (Å²) in [5.74, 6) is -0.0833. The van der Waals surface area contributed by atoms with Crippen LogP contribution >= 0.6 is 0 Å². The number of esters is 1. The van der Waals surface area contributed by atoms with Crippen molar-refractivity contribution in [2.24, 2.45) is 0 Å². The van der Waals surface area contributed by atoms with Gasteiger partial charge < -0.3 is 14.9 Å². The molecule has 4 nitrogen and oxygen atoms in total. The van der Waals surface area contributed by atoms with Crippen LogP contribution in [0.5, 0.6) is 5.75 Å². The van der Waals surface area contributed by atoms with E-state index in [1.807, 2.05) is 0 Å². The summed E-state index contributed by atoms with van der Waals surface area (Å²) in [6.07, 6.45) is 36.6. The van der Waals surface area contributed by atoms with E-state index >= 15 is 0 Å². The van der Waals surface area contributed by atoms with Crippen LogP contribution in [0, 0.1) is 0 Å². The van der Waals surface area contributed by atoms with Gasteiger partial charge in [-0.3, -0.25) is 0 Å². The molecule has 0 fully saturated rings. The van der Waals surface area contributed by atoms with Gasteiger partial charge in [-0.25, -0.2) is 4.79 Å². The van der Waals surface area contributed by atoms with Crippen molar-refractivity contribution in [3.8, 4) is 5.75 Å². The van der Waals surface area contributed by atoms with Gasteiger partial charge in [-0.05, 0) is 36.6 Å². The van der Waals surface area contributed by atoms with Crippen molar-refractivity contribution in [1.82, 2.24) is 0 Å². The second-order valence-corrected chi connectivity index (χ2v) is 11.7. The van der Waals surface area contributed by atoms with Gasteiger partial charge in [-0.1, -0.05) is 160 Å². The van der Waals surface area contributed by atoms with Gasteiger partial charge >= 0.3 is 5.97 Å². The maximum absolute atomic E-state index is 11.8. The molecular weight excluding hydrogens is 496 g/mol. The molecule has 0 radical (unpaired) electrons. The van der Waals surface area contributed by atoms with Crippen molar-refractivity contribution < 1.29 is 19.7 Å². The highest BCUT2D eigenvalue weighted by Crippen LogP contribution is 2.16. The van der Waals surface area contributed by atoms with E-state index in [9.17, 15) is 9.90 Å². The molecule has 230 valence electrons. The molecule has 0 amide bonds. The number of hydrogen-bond acceptors (Lipinski definition) is 4. The largest absolute Gasteiger partial charge is 0.508 e. The maximum atomic E-state index is 11.8. The first-order valence-corrected chi connectivity index (χ1v) is 17.0. The van der Waals surface area contributed by atoms with Crippen LogP contribution in [0.4, 0.5) is 0 Å². The number of phenolic OH excluding ortho intramolecular Hbond substituents is 1. The van der Waals surface area contributed by atoms with Gasteiger partial charge in [0.15, 0.2) is 0 Å². The van der Waals surface area contributed by atoms with Crippen molar-refractivity contribution in [3.63, 3.8) is 0 Å². The molecule has 1 aromatic carbocycles. The number of carbonyl (C=O) groups excluding carboxylic acids is 1. The van der Waals surface area contributed by atoms with Gasteiger partial charge in [0.05, 0.1) is 6.61 Å². The zero-order valence-corrected chi connectivity index (χ0v) is 25.8. The van der Waals surface area contributed by atoms with E-state index in [0.29, 0.717) is 13.2 Å². The number of carbonyl (C=O) groups is 1. The lowest BCUT2D eigenvalue weighted by Crippen LogP contribution is -2.02. The predicted octanol–water partition coefficient (Wildman–Crippen LogP) is 10.7. The topological polar surface area (TPSA) is 66.8 Å². The molecule has 0 atom stereocenters. The first-order valence-electron chi connectivity index (χ1n) is 17.0. The highest BCUT2D eigenvalue weighted by atomic mass is 16.5. The lowest BCUT2D eigenvalue weighted by molar-refractivity contribution is -0.137. The molecule has 1 aromatic rings. The van der Waals surface area contributed by atoms with E-state index in [2.05, 4.69) is 0 Å². The van der Waals surface area contributed by atoms with Gasteiger partial charge in [0.1, 0.15) is 5.75 Å². The number of aliphatic hydroxyl groups excluding tert-OH is 1. The smallest absolute Gasteiger partial charge is 0.330 e. The third kappa shape index (κ3) is 25.2. The summed E-state index contributed by atoms with van der Waals surface area (Å²) < 4.78 is 5.26. The number of ether oxygens (including phenoxy) is 1. The summed E-state index contributed by atoms with van der Waals surface area (Å²) in [6, 6.07) is 6.73. The first-order chi connectivity index (χ1) is 19.7. The summed E-state index contributed by atoms with van der Waals surface area (Å²) in [7, 11) is 0. The molecule has 1 rings (SSSR count). The Bertz CT molecular complexity index is 697. The van der Waals surface area contributed by atoms with Crippen LogP contribution in [0.15, 0.2) is 30.3 Å². The Morgan fingerprint density at radius 2 is 0.850 bits per heavy atom. The Morgan fingerprint density at radius 3 is 1.20 bits per heavy atom. The molecule has 40 heavy (non-hydrogen) atoms. The summed E-state index contributed by atoms with van der Waals surface area (Å²) in [5.41, 5.74) is 0.867. The molecule has 0 aliphatic heterocycles. The number of aromatic hydroxyl groups is 1. The zero-order chi connectivity index (χ0) is 28.8. The van der Waals surface area contributed by atoms with Gasteiger partial charge in [0, 0.05) is 12.7 Å². The quantitative estimate of drug-likeness (QED) is 0.0583. The fourth-order valence-electron chi connectivity index (χ4n) is 5.25. The molecule has 0 heterocycles. The van der Waals surface area contributed by atoms with Gasteiger partial charge in [0.2, 0.25) is 0 Å². The molecule has 0 aromatic heterocycles. The van der Waals surface area contributed by atoms with Crippen LogP contribution in [0.25, 0.3) is 6.08 Å². The van der Waals surface area contributed by atoms with E-state index < -0.39 is 0 Å². The van der Waals surface area contributed by atoms with Crippen molar-refractivity contribution in [3.05, 3.63) is 35.9 Å². The molecule has 0 spiro atoms. The van der Waals surface area contributed by atoms with E-state index in [0.717, 1.165) is 24.8 Å². The van der Waals surface area contributed by atoms with E-state index in [1.165, 1.54) is 147 Å². The molecule has 2 N–H and O–H groups in total. The Morgan fingerprint density at radius 1 is 0.525 bits per heavy atom. The lowest BCUT2D eigenvalue weighted by atomic mass is 10.0. The SMILES string of the molecule is O=C(C=Cc1ccc(O)cc1)OCCCCCCCCCCCCCCCCCCCCCCCCCCCO. The second-order valence-electron chi connectivity index (χ2n) is 11.7. The third-order valence-electron chi connectivity index (χ3n) is 7.85. The minimum atomic E-state index is -0.303. The van der Waals surface area contributed by atoms with Crippen LogP contribution in [0.1, 0.15) is 166 Å². The number of hydrogen-bond donors (Lipinski definition) is 2. The number of benzene rings is 1. The minimum absolute atomic E-state index is 0.220. The molecule has 0 saturated carbocycles. The zero-order valence-electron chi connectivity index (χ0n) is 25.8. The van der Waals surface area contributed by atoms with Crippen molar-refractivity contribution in [1.29, 1.82) is 0 Å². The number of aliphatic hydroxyl groups is 1. The van der Waals surface area contributed by atoms with Crippen LogP contribution in [0.2, 0.25) is 0 Å². The standard InChI is InChI=1S/C36H62O4/c37-32-24-22-20-18-16-14-12-10-8-6-4-2-1-3-5-7-9-11-13-15-17-19-21-23-25-33-40-36(39)31-28-34-26-29-35(38)30-27-34/h26-31,37-38H,1-25,32-33H2. The van der Waals surface area contributed by atoms with Gasteiger partial charge in [-0.2, -0.15) is 0 Å². The number of rotatable bonds is 29. The average Bonchev–Trinajstić information content (AvgIpc) is 2.96. The fourth-order valence-corrected chi connectivity index (χ4v) is 5.25. The average molecular weight is 559 g/mol. The van der Waals surface area contributed by atoms with E-state index in [-0.39, 0.29) is 11.7 Å². The molecular formula is C36H62O4. The molecule has 0 saturated heterocycles. The predicted molar refractivity (Wildman–Crippen MR) is 171 cm³/mol. The Labute approximate surface area is 247 Å². The number of unbranched alkanes of at least 4 members (excludes halogenated alkanes) is 24. The second kappa shape index (κ2) is 28.7. The van der Waals surface area contributed by atoms with Crippen LogP contribution in [-0.4, -0.2) is 29.4 Å². The Hall–Kier alpha value is -1.81. The first kappa shape index (κ1) is 36.2. The Kier molecular flexibility index (Phi) is 26.0. The molecule has 0 aliphatic rings. The lowest BCUT2D eigenvalue weighted by Gasteiger charge is -2.05. The maximum Gasteiger partial charge on any atom is 0.330 e. The molecule has 0 unspecified atom stereocenters. The molecule has 0 bridgehead atoms. The van der Waals surface area contributed by atoms with E-state index in [4.69, 9.17) is 9.84 Å². The van der Waals surface area contributed by atoms with Crippen LogP contribution < -0.4 is 0 Å². The molecule has 0 aliphatic carbocycles. The van der Waals surface area contributed by atoms with Crippen LogP contribution in [-0.2, 0) is 9.53 Å². The fraction of sp³-hybridized carbons (Fsp3) is 0.750. The highest BCUT2D eigenvalue weighted by molar-refractivity contribution is 5.87. The summed E-state index contributed by atoms with van der Waals surface area (Å²) in [4.78, 5) is 11.8. The third-order valence-corrected chi connectivity index (χ3v) is 7.85. The normalized spacial score (nSPS) is 11.4. The molecule has 4 heteroatoms. The highest BCUT2D eigenvalue weighted by Gasteiger charge is 1.99. The summed E-state index contributed by atoms with van der Waals surface area (Å²) >= 11 is 0. The van der Waals surface area contributed by atoms with Gasteiger partial charge in [0.25, 0.3) is 0 Å². The van der Waals surface area contributed by atoms with E-state index in [1.54, 1.807) is 30.3 Å². The monoisotopic (exact) mass is 558 g/mol. The van der Waals surface area contributed by atoms with Crippen molar-refractivity contribution in [2.75, 3.05) is 13.2 Å². The summed E-state index contributed by atoms with van der Waals surface area (Å²) in [6.45, 7) is 0.853.